The number of aromatic amines is 1. The normalized spacial score (nSPS) is 11.6. The first kappa shape index (κ1) is 14.2. The number of hydrogen-bond donors (Lipinski definition) is 2. The molecule has 2 aromatic rings. The number of hydrogen-bond acceptors (Lipinski definition) is 2. The first-order chi connectivity index (χ1) is 8.88. The minimum absolute atomic E-state index is 0.0334. The summed E-state index contributed by atoms with van der Waals surface area (Å²) < 4.78 is 0. The third-order valence-corrected chi connectivity index (χ3v) is 3.43. The van der Waals surface area contributed by atoms with Crippen molar-refractivity contribution in [2.45, 2.75) is 32.7 Å². The molecule has 0 saturated heterocycles. The molecule has 5 heteroatoms. The van der Waals surface area contributed by atoms with Crippen molar-refractivity contribution in [3.05, 3.63) is 45.7 Å². The quantitative estimate of drug-likeness (QED) is 0.867. The summed E-state index contributed by atoms with van der Waals surface area (Å²) in [5, 5.41) is 11.8. The standard InChI is InChI=1S/C14H17Cl2N3/c1-14(2,3)13-9(8-18-19-13)7-17-12-6-10(15)4-5-11(12)16/h4-6,8,17H,7H2,1-3H3,(H,18,19). The molecule has 1 heterocycles. The van der Waals surface area contributed by atoms with Gasteiger partial charge in [-0.1, -0.05) is 44.0 Å². The Hall–Kier alpha value is -1.19. The van der Waals surface area contributed by atoms with E-state index in [2.05, 4.69) is 36.3 Å². The van der Waals surface area contributed by atoms with Crippen molar-refractivity contribution >= 4 is 28.9 Å². The fraction of sp³-hybridized carbons (Fsp3) is 0.357. The van der Waals surface area contributed by atoms with E-state index in [0.717, 1.165) is 16.9 Å². The van der Waals surface area contributed by atoms with Gasteiger partial charge >= 0.3 is 0 Å². The van der Waals surface area contributed by atoms with Crippen LogP contribution in [0.1, 0.15) is 32.0 Å². The summed E-state index contributed by atoms with van der Waals surface area (Å²) in [6.07, 6.45) is 1.84. The average molecular weight is 298 g/mol. The highest BCUT2D eigenvalue weighted by Crippen LogP contribution is 2.28. The molecule has 19 heavy (non-hydrogen) atoms. The minimum Gasteiger partial charge on any atom is -0.380 e. The molecule has 0 saturated carbocycles. The molecule has 0 atom stereocenters. The van der Waals surface area contributed by atoms with Gasteiger partial charge in [0, 0.05) is 28.2 Å². The lowest BCUT2D eigenvalue weighted by Gasteiger charge is -2.19. The predicted octanol–water partition coefficient (Wildman–Crippen LogP) is 4.63. The van der Waals surface area contributed by atoms with Crippen LogP contribution < -0.4 is 5.32 Å². The molecule has 102 valence electrons. The van der Waals surface area contributed by atoms with Crippen molar-refractivity contribution in [2.24, 2.45) is 0 Å². The molecular formula is C14H17Cl2N3. The molecule has 1 aromatic heterocycles. The van der Waals surface area contributed by atoms with Crippen LogP contribution in [0.5, 0.6) is 0 Å². The molecule has 3 nitrogen and oxygen atoms in total. The van der Waals surface area contributed by atoms with Gasteiger partial charge in [-0.25, -0.2) is 0 Å². The molecule has 2 rings (SSSR count). The Morgan fingerprint density at radius 3 is 2.68 bits per heavy atom. The first-order valence-electron chi connectivity index (χ1n) is 6.09. The topological polar surface area (TPSA) is 40.7 Å². The van der Waals surface area contributed by atoms with Crippen molar-refractivity contribution in [1.29, 1.82) is 0 Å². The Bertz CT molecular complexity index is 570. The van der Waals surface area contributed by atoms with Crippen LogP contribution in [0, 0.1) is 0 Å². The second kappa shape index (κ2) is 5.43. The fourth-order valence-electron chi connectivity index (χ4n) is 1.92. The number of nitrogens with one attached hydrogen (secondary N) is 2. The summed E-state index contributed by atoms with van der Waals surface area (Å²) in [7, 11) is 0. The van der Waals surface area contributed by atoms with Crippen LogP contribution in [-0.4, -0.2) is 10.2 Å². The Labute approximate surface area is 123 Å². The molecule has 1 aromatic carbocycles. The van der Waals surface area contributed by atoms with Gasteiger partial charge in [0.1, 0.15) is 0 Å². The summed E-state index contributed by atoms with van der Waals surface area (Å²) in [6, 6.07) is 5.38. The Balaban J connectivity index is 2.15. The summed E-state index contributed by atoms with van der Waals surface area (Å²) in [6.45, 7) is 7.10. The van der Waals surface area contributed by atoms with E-state index in [1.807, 2.05) is 12.3 Å². The fourth-order valence-corrected chi connectivity index (χ4v) is 2.27. The van der Waals surface area contributed by atoms with Crippen LogP contribution in [0.3, 0.4) is 0 Å². The molecule has 0 aliphatic rings. The maximum atomic E-state index is 6.12. The molecule has 0 spiro atoms. The molecule has 0 amide bonds. The zero-order valence-electron chi connectivity index (χ0n) is 11.2. The highest BCUT2D eigenvalue weighted by atomic mass is 35.5. The van der Waals surface area contributed by atoms with Crippen LogP contribution in [-0.2, 0) is 12.0 Å². The number of halogens is 2. The lowest BCUT2D eigenvalue weighted by atomic mass is 9.89. The van der Waals surface area contributed by atoms with Gasteiger partial charge in [0.2, 0.25) is 0 Å². The van der Waals surface area contributed by atoms with Gasteiger partial charge in [-0.05, 0) is 18.2 Å². The van der Waals surface area contributed by atoms with Gasteiger partial charge in [-0.3, -0.25) is 5.10 Å². The largest absolute Gasteiger partial charge is 0.380 e. The lowest BCUT2D eigenvalue weighted by molar-refractivity contribution is 0.561. The molecule has 0 bridgehead atoms. The molecule has 2 N–H and O–H groups in total. The van der Waals surface area contributed by atoms with Crippen molar-refractivity contribution < 1.29 is 0 Å². The number of aromatic nitrogens is 2. The highest BCUT2D eigenvalue weighted by Gasteiger charge is 2.19. The molecule has 0 aliphatic heterocycles. The predicted molar refractivity (Wildman–Crippen MR) is 81.1 cm³/mol. The molecule has 0 fully saturated rings. The van der Waals surface area contributed by atoms with Crippen LogP contribution in [0.15, 0.2) is 24.4 Å². The van der Waals surface area contributed by atoms with E-state index in [4.69, 9.17) is 23.2 Å². The van der Waals surface area contributed by atoms with E-state index in [-0.39, 0.29) is 5.41 Å². The van der Waals surface area contributed by atoms with E-state index in [0.29, 0.717) is 16.6 Å². The molecule has 0 radical (unpaired) electrons. The number of H-pyrrole nitrogens is 1. The van der Waals surface area contributed by atoms with E-state index < -0.39 is 0 Å². The number of benzene rings is 1. The van der Waals surface area contributed by atoms with Crippen LogP contribution >= 0.6 is 23.2 Å². The van der Waals surface area contributed by atoms with Gasteiger partial charge in [0.15, 0.2) is 0 Å². The summed E-state index contributed by atoms with van der Waals surface area (Å²) in [5.41, 5.74) is 3.11. The third kappa shape index (κ3) is 3.43. The van der Waals surface area contributed by atoms with Crippen LogP contribution in [0.25, 0.3) is 0 Å². The van der Waals surface area contributed by atoms with E-state index in [1.165, 1.54) is 0 Å². The molecule has 0 unspecified atom stereocenters. The summed E-state index contributed by atoms with van der Waals surface area (Å²) in [5.74, 6) is 0. The van der Waals surface area contributed by atoms with Gasteiger partial charge < -0.3 is 5.32 Å². The van der Waals surface area contributed by atoms with Crippen LogP contribution in [0.4, 0.5) is 5.69 Å². The average Bonchev–Trinajstić information content (AvgIpc) is 2.78. The van der Waals surface area contributed by atoms with Gasteiger partial charge in [0.05, 0.1) is 16.9 Å². The zero-order chi connectivity index (χ0) is 14.0. The van der Waals surface area contributed by atoms with Crippen molar-refractivity contribution in [2.75, 3.05) is 5.32 Å². The van der Waals surface area contributed by atoms with Gasteiger partial charge in [-0.15, -0.1) is 0 Å². The Kier molecular flexibility index (Phi) is 4.07. The van der Waals surface area contributed by atoms with E-state index in [1.54, 1.807) is 12.1 Å². The summed E-state index contributed by atoms with van der Waals surface area (Å²) >= 11 is 12.1. The Morgan fingerprint density at radius 2 is 2.00 bits per heavy atom. The maximum absolute atomic E-state index is 6.12. The maximum Gasteiger partial charge on any atom is 0.0638 e. The Morgan fingerprint density at radius 1 is 1.26 bits per heavy atom. The smallest absolute Gasteiger partial charge is 0.0638 e. The number of anilines is 1. The van der Waals surface area contributed by atoms with Crippen molar-refractivity contribution in [3.63, 3.8) is 0 Å². The van der Waals surface area contributed by atoms with Crippen molar-refractivity contribution in [3.8, 4) is 0 Å². The minimum atomic E-state index is 0.0334. The zero-order valence-corrected chi connectivity index (χ0v) is 12.7. The monoisotopic (exact) mass is 297 g/mol. The van der Waals surface area contributed by atoms with E-state index in [9.17, 15) is 0 Å². The number of rotatable bonds is 3. The number of nitrogens with zero attached hydrogens (tertiary/aromatic N) is 1. The molecular weight excluding hydrogens is 281 g/mol. The van der Waals surface area contributed by atoms with Crippen molar-refractivity contribution in [1.82, 2.24) is 10.2 Å². The highest BCUT2D eigenvalue weighted by molar-refractivity contribution is 6.35. The van der Waals surface area contributed by atoms with Gasteiger partial charge in [0.25, 0.3) is 0 Å². The second-order valence-corrected chi connectivity index (χ2v) is 6.34. The molecule has 0 aliphatic carbocycles. The lowest BCUT2D eigenvalue weighted by Crippen LogP contribution is -2.15. The SMILES string of the molecule is CC(C)(C)c1[nH]ncc1CNc1cc(Cl)ccc1Cl. The van der Waals surface area contributed by atoms with Gasteiger partial charge in [-0.2, -0.15) is 5.10 Å². The second-order valence-electron chi connectivity index (χ2n) is 5.50. The summed E-state index contributed by atoms with van der Waals surface area (Å²) in [4.78, 5) is 0. The van der Waals surface area contributed by atoms with E-state index >= 15 is 0 Å². The third-order valence-electron chi connectivity index (χ3n) is 2.87. The van der Waals surface area contributed by atoms with Crippen LogP contribution in [0.2, 0.25) is 10.0 Å². The first-order valence-corrected chi connectivity index (χ1v) is 6.85.